The SMILES string of the molecule is O=C(NCCCN1CCOCC1)C1CSC(c2ccc(F)cc2)N1C(=O)c1ccc(Cl)cc1Cl. The maximum absolute atomic E-state index is 13.6. The van der Waals surface area contributed by atoms with E-state index in [1.807, 2.05) is 0 Å². The zero-order valence-corrected chi connectivity index (χ0v) is 20.8. The van der Waals surface area contributed by atoms with Crippen LogP contribution in [0.5, 0.6) is 0 Å². The molecular weight excluding hydrogens is 500 g/mol. The van der Waals surface area contributed by atoms with E-state index in [1.54, 1.807) is 29.2 Å². The number of nitrogens with one attached hydrogen (secondary N) is 1. The van der Waals surface area contributed by atoms with Gasteiger partial charge in [0.25, 0.3) is 5.91 Å². The van der Waals surface area contributed by atoms with Gasteiger partial charge in [-0.1, -0.05) is 35.3 Å². The zero-order chi connectivity index (χ0) is 24.1. The summed E-state index contributed by atoms with van der Waals surface area (Å²) in [6.45, 7) is 4.67. The van der Waals surface area contributed by atoms with E-state index < -0.39 is 11.4 Å². The van der Waals surface area contributed by atoms with Gasteiger partial charge in [-0.05, 0) is 48.9 Å². The molecule has 0 radical (unpaired) electrons. The summed E-state index contributed by atoms with van der Waals surface area (Å²) >= 11 is 13.8. The third-order valence-corrected chi connectivity index (χ3v) is 7.78. The van der Waals surface area contributed by atoms with Crippen LogP contribution in [-0.2, 0) is 9.53 Å². The number of rotatable bonds is 7. The third kappa shape index (κ3) is 6.04. The van der Waals surface area contributed by atoms with Crippen molar-refractivity contribution < 1.29 is 18.7 Å². The van der Waals surface area contributed by atoms with Crippen molar-refractivity contribution in [3.05, 3.63) is 69.5 Å². The van der Waals surface area contributed by atoms with Crippen LogP contribution in [0.2, 0.25) is 10.0 Å². The summed E-state index contributed by atoms with van der Waals surface area (Å²) < 4.78 is 18.9. The van der Waals surface area contributed by atoms with E-state index in [2.05, 4.69) is 10.2 Å². The number of hydrogen-bond donors (Lipinski definition) is 1. The van der Waals surface area contributed by atoms with Crippen LogP contribution >= 0.6 is 35.0 Å². The first kappa shape index (κ1) is 25.3. The second kappa shape index (κ2) is 11.7. The Kier molecular flexibility index (Phi) is 8.71. The fraction of sp³-hybridized carbons (Fsp3) is 0.417. The number of carbonyl (C=O) groups is 2. The number of morpholine rings is 1. The van der Waals surface area contributed by atoms with Gasteiger partial charge in [-0.15, -0.1) is 11.8 Å². The molecule has 6 nitrogen and oxygen atoms in total. The molecule has 182 valence electrons. The lowest BCUT2D eigenvalue weighted by Gasteiger charge is -2.30. The highest BCUT2D eigenvalue weighted by molar-refractivity contribution is 7.99. The first-order chi connectivity index (χ1) is 16.4. The largest absolute Gasteiger partial charge is 0.379 e. The Balaban J connectivity index is 1.48. The maximum atomic E-state index is 13.6. The molecule has 2 aliphatic heterocycles. The van der Waals surface area contributed by atoms with Crippen molar-refractivity contribution in [1.29, 1.82) is 0 Å². The molecule has 34 heavy (non-hydrogen) atoms. The van der Waals surface area contributed by atoms with Crippen LogP contribution < -0.4 is 5.32 Å². The van der Waals surface area contributed by atoms with Gasteiger partial charge in [-0.3, -0.25) is 14.5 Å². The minimum atomic E-state index is -0.678. The topological polar surface area (TPSA) is 61.9 Å². The lowest BCUT2D eigenvalue weighted by Crippen LogP contribution is -2.48. The predicted octanol–water partition coefficient (Wildman–Crippen LogP) is 4.23. The quantitative estimate of drug-likeness (QED) is 0.548. The number of hydrogen-bond acceptors (Lipinski definition) is 5. The Labute approximate surface area is 212 Å². The number of ether oxygens (including phenoxy) is 1. The lowest BCUT2D eigenvalue weighted by atomic mass is 10.1. The van der Waals surface area contributed by atoms with Crippen molar-refractivity contribution in [3.8, 4) is 0 Å². The lowest BCUT2D eigenvalue weighted by molar-refractivity contribution is -0.124. The van der Waals surface area contributed by atoms with E-state index >= 15 is 0 Å². The molecule has 2 atom stereocenters. The summed E-state index contributed by atoms with van der Waals surface area (Å²) in [5.41, 5.74) is 1.01. The smallest absolute Gasteiger partial charge is 0.257 e. The molecule has 10 heteroatoms. The van der Waals surface area contributed by atoms with Crippen LogP contribution in [0.1, 0.15) is 27.7 Å². The van der Waals surface area contributed by atoms with Gasteiger partial charge in [0, 0.05) is 30.4 Å². The third-order valence-electron chi connectivity index (χ3n) is 5.91. The van der Waals surface area contributed by atoms with Crippen LogP contribution in [0, 0.1) is 5.82 Å². The van der Waals surface area contributed by atoms with Crippen molar-refractivity contribution in [2.75, 3.05) is 45.1 Å². The van der Waals surface area contributed by atoms with Crippen molar-refractivity contribution in [1.82, 2.24) is 15.1 Å². The van der Waals surface area contributed by atoms with Gasteiger partial charge in [-0.25, -0.2) is 4.39 Å². The second-order valence-electron chi connectivity index (χ2n) is 8.19. The summed E-state index contributed by atoms with van der Waals surface area (Å²) in [5.74, 6) is -0.513. The van der Waals surface area contributed by atoms with Gasteiger partial charge >= 0.3 is 0 Å². The number of amides is 2. The Morgan fingerprint density at radius 3 is 2.56 bits per heavy atom. The van der Waals surface area contributed by atoms with Gasteiger partial charge in [0.05, 0.1) is 23.8 Å². The highest BCUT2D eigenvalue weighted by Gasteiger charge is 2.43. The van der Waals surface area contributed by atoms with E-state index in [4.69, 9.17) is 27.9 Å². The summed E-state index contributed by atoms with van der Waals surface area (Å²) in [6, 6.07) is 9.97. The minimum Gasteiger partial charge on any atom is -0.379 e. The first-order valence-electron chi connectivity index (χ1n) is 11.2. The van der Waals surface area contributed by atoms with E-state index in [0.29, 0.717) is 17.3 Å². The normalized spacial score (nSPS) is 21.0. The van der Waals surface area contributed by atoms with Gasteiger partial charge < -0.3 is 15.0 Å². The molecule has 0 spiro atoms. The summed E-state index contributed by atoms with van der Waals surface area (Å²) in [4.78, 5) is 30.6. The Morgan fingerprint density at radius 1 is 1.12 bits per heavy atom. The first-order valence-corrected chi connectivity index (χ1v) is 13.0. The molecule has 2 aliphatic rings. The van der Waals surface area contributed by atoms with Crippen molar-refractivity contribution >= 4 is 46.8 Å². The molecule has 2 saturated heterocycles. The molecule has 2 unspecified atom stereocenters. The number of thioether (sulfide) groups is 1. The molecule has 2 amide bonds. The van der Waals surface area contributed by atoms with Gasteiger partial charge in [-0.2, -0.15) is 0 Å². The highest BCUT2D eigenvalue weighted by Crippen LogP contribution is 2.43. The molecule has 2 fully saturated rings. The molecule has 2 heterocycles. The molecular formula is C24H26Cl2FN3O3S. The molecule has 1 N–H and O–H groups in total. The van der Waals surface area contributed by atoms with Gasteiger partial charge in [0.1, 0.15) is 17.2 Å². The van der Waals surface area contributed by atoms with E-state index in [1.165, 1.54) is 30.0 Å². The average Bonchev–Trinajstić information content (AvgIpc) is 3.28. The summed E-state index contributed by atoms with van der Waals surface area (Å²) in [6.07, 6.45) is 0.809. The molecule has 4 rings (SSSR count). The van der Waals surface area contributed by atoms with Crippen molar-refractivity contribution in [2.24, 2.45) is 0 Å². The monoisotopic (exact) mass is 525 g/mol. The molecule has 0 saturated carbocycles. The summed E-state index contributed by atoms with van der Waals surface area (Å²) in [7, 11) is 0. The second-order valence-corrected chi connectivity index (χ2v) is 10.1. The molecule has 2 aromatic rings. The van der Waals surface area contributed by atoms with E-state index in [0.717, 1.165) is 44.8 Å². The van der Waals surface area contributed by atoms with Gasteiger partial charge in [0.15, 0.2) is 0 Å². The zero-order valence-electron chi connectivity index (χ0n) is 18.5. The van der Waals surface area contributed by atoms with E-state index in [-0.39, 0.29) is 28.2 Å². The van der Waals surface area contributed by atoms with E-state index in [9.17, 15) is 14.0 Å². The number of halogens is 3. The molecule has 2 aromatic carbocycles. The fourth-order valence-corrected chi connectivity index (χ4v) is 6.02. The average molecular weight is 526 g/mol. The molecule has 0 bridgehead atoms. The van der Waals surface area contributed by atoms with Crippen LogP contribution in [0.4, 0.5) is 4.39 Å². The predicted molar refractivity (Wildman–Crippen MR) is 133 cm³/mol. The van der Waals surface area contributed by atoms with Crippen molar-refractivity contribution in [3.63, 3.8) is 0 Å². The standard InChI is InChI=1S/C24H26Cl2FN3O3S/c25-17-4-7-19(20(26)14-17)23(32)30-21(15-34-24(30)16-2-5-18(27)6-3-16)22(31)28-8-1-9-29-10-12-33-13-11-29/h2-7,14,21,24H,1,8-13,15H2,(H,28,31). The Hall–Kier alpha value is -1.84. The number of carbonyl (C=O) groups excluding carboxylic acids is 2. The Bertz CT molecular complexity index is 1020. The van der Waals surface area contributed by atoms with Crippen molar-refractivity contribution in [2.45, 2.75) is 17.8 Å². The number of nitrogens with zero attached hydrogens (tertiary/aromatic N) is 2. The van der Waals surface area contributed by atoms with Crippen LogP contribution in [0.25, 0.3) is 0 Å². The minimum absolute atomic E-state index is 0.211. The molecule has 0 aliphatic carbocycles. The maximum Gasteiger partial charge on any atom is 0.257 e. The summed E-state index contributed by atoms with van der Waals surface area (Å²) in [5, 5.41) is 3.18. The highest BCUT2D eigenvalue weighted by atomic mass is 35.5. The number of benzene rings is 2. The molecule has 0 aromatic heterocycles. The van der Waals surface area contributed by atoms with Crippen LogP contribution in [0.3, 0.4) is 0 Å². The fourth-order valence-electron chi connectivity index (χ4n) is 4.10. The Morgan fingerprint density at radius 2 is 1.85 bits per heavy atom. The van der Waals surface area contributed by atoms with Gasteiger partial charge in [0.2, 0.25) is 5.91 Å². The van der Waals surface area contributed by atoms with Crippen LogP contribution in [0.15, 0.2) is 42.5 Å². The van der Waals surface area contributed by atoms with Crippen LogP contribution in [-0.4, -0.2) is 72.8 Å².